The molecule has 6 heteroatoms. The molecule has 0 aromatic heterocycles. The third-order valence-electron chi connectivity index (χ3n) is 2.69. The molecule has 0 spiro atoms. The SMILES string of the molecule is CCC1C(=O)NC(=O)CN1C(=O)N(C)CC. The minimum atomic E-state index is -0.542. The van der Waals surface area contributed by atoms with E-state index in [2.05, 4.69) is 5.32 Å². The van der Waals surface area contributed by atoms with E-state index in [4.69, 9.17) is 0 Å². The van der Waals surface area contributed by atoms with E-state index in [1.54, 1.807) is 7.05 Å². The highest BCUT2D eigenvalue weighted by atomic mass is 16.2. The van der Waals surface area contributed by atoms with Gasteiger partial charge in [-0.1, -0.05) is 6.92 Å². The van der Waals surface area contributed by atoms with E-state index in [1.807, 2.05) is 13.8 Å². The van der Waals surface area contributed by atoms with E-state index in [1.165, 1.54) is 9.80 Å². The van der Waals surface area contributed by atoms with Gasteiger partial charge < -0.3 is 9.80 Å². The van der Waals surface area contributed by atoms with Crippen LogP contribution < -0.4 is 5.32 Å². The zero-order valence-electron chi connectivity index (χ0n) is 9.82. The summed E-state index contributed by atoms with van der Waals surface area (Å²) in [6, 6.07) is -0.822. The molecule has 0 aromatic rings. The highest BCUT2D eigenvalue weighted by Crippen LogP contribution is 2.11. The zero-order chi connectivity index (χ0) is 12.3. The van der Waals surface area contributed by atoms with E-state index < -0.39 is 17.9 Å². The Kier molecular flexibility index (Phi) is 3.87. The molecule has 0 radical (unpaired) electrons. The average Bonchev–Trinajstić information content (AvgIpc) is 2.26. The molecule has 0 saturated carbocycles. The van der Waals surface area contributed by atoms with Gasteiger partial charge >= 0.3 is 6.03 Å². The van der Waals surface area contributed by atoms with Crippen molar-refractivity contribution >= 4 is 17.8 Å². The quantitative estimate of drug-likeness (QED) is 0.664. The van der Waals surface area contributed by atoms with Crippen LogP contribution in [0.4, 0.5) is 4.79 Å². The second-order valence-electron chi connectivity index (χ2n) is 3.76. The lowest BCUT2D eigenvalue weighted by molar-refractivity contribution is -0.138. The van der Waals surface area contributed by atoms with Gasteiger partial charge in [-0.2, -0.15) is 0 Å². The first-order chi connectivity index (χ1) is 7.51. The Balaban J connectivity index is 2.86. The van der Waals surface area contributed by atoms with Crippen molar-refractivity contribution in [2.24, 2.45) is 0 Å². The molecule has 0 aromatic carbocycles. The molecule has 1 heterocycles. The Hall–Kier alpha value is -1.59. The van der Waals surface area contributed by atoms with Gasteiger partial charge in [0.2, 0.25) is 11.8 Å². The summed E-state index contributed by atoms with van der Waals surface area (Å²) in [7, 11) is 1.64. The minimum absolute atomic E-state index is 0.0482. The molecule has 16 heavy (non-hydrogen) atoms. The van der Waals surface area contributed by atoms with Gasteiger partial charge in [-0.05, 0) is 13.3 Å². The van der Waals surface area contributed by atoms with Crippen molar-refractivity contribution in [2.75, 3.05) is 20.1 Å². The van der Waals surface area contributed by atoms with Crippen molar-refractivity contribution in [2.45, 2.75) is 26.3 Å². The van der Waals surface area contributed by atoms with Gasteiger partial charge in [-0.3, -0.25) is 14.9 Å². The summed E-state index contributed by atoms with van der Waals surface area (Å²) < 4.78 is 0. The van der Waals surface area contributed by atoms with Crippen molar-refractivity contribution in [3.05, 3.63) is 0 Å². The predicted molar refractivity (Wildman–Crippen MR) is 57.6 cm³/mol. The number of amides is 4. The molecule has 90 valence electrons. The van der Waals surface area contributed by atoms with Gasteiger partial charge in [-0.15, -0.1) is 0 Å². The number of urea groups is 1. The van der Waals surface area contributed by atoms with Crippen LogP contribution in [0.5, 0.6) is 0 Å². The zero-order valence-corrected chi connectivity index (χ0v) is 9.82. The summed E-state index contributed by atoms with van der Waals surface area (Å²) in [4.78, 5) is 37.4. The summed E-state index contributed by atoms with van der Waals surface area (Å²) in [5.41, 5.74) is 0. The van der Waals surface area contributed by atoms with Crippen LogP contribution >= 0.6 is 0 Å². The molecule has 1 unspecified atom stereocenters. The summed E-state index contributed by atoms with van der Waals surface area (Å²) >= 11 is 0. The van der Waals surface area contributed by atoms with Crippen molar-refractivity contribution in [3.63, 3.8) is 0 Å². The van der Waals surface area contributed by atoms with Crippen LogP contribution in [0.1, 0.15) is 20.3 Å². The van der Waals surface area contributed by atoms with E-state index in [0.29, 0.717) is 13.0 Å². The van der Waals surface area contributed by atoms with Crippen molar-refractivity contribution < 1.29 is 14.4 Å². The first kappa shape index (κ1) is 12.5. The summed E-state index contributed by atoms with van der Waals surface area (Å²) in [6.07, 6.45) is 0.502. The second-order valence-corrected chi connectivity index (χ2v) is 3.76. The van der Waals surface area contributed by atoms with Gasteiger partial charge in [0.1, 0.15) is 12.6 Å². The fraction of sp³-hybridized carbons (Fsp3) is 0.700. The molecular formula is C10H17N3O3. The largest absolute Gasteiger partial charge is 0.328 e. The topological polar surface area (TPSA) is 69.7 Å². The Morgan fingerprint density at radius 2 is 2.12 bits per heavy atom. The second kappa shape index (κ2) is 4.96. The number of carbonyl (C=O) groups excluding carboxylic acids is 3. The first-order valence-electron chi connectivity index (χ1n) is 5.36. The number of nitrogens with zero attached hydrogens (tertiary/aromatic N) is 2. The van der Waals surface area contributed by atoms with Gasteiger partial charge in [0, 0.05) is 13.6 Å². The molecule has 1 fully saturated rings. The van der Waals surface area contributed by atoms with Crippen LogP contribution in [-0.2, 0) is 9.59 Å². The summed E-state index contributed by atoms with van der Waals surface area (Å²) in [5.74, 6) is -0.816. The Bertz CT molecular complexity index is 316. The van der Waals surface area contributed by atoms with Crippen molar-refractivity contribution in [1.82, 2.24) is 15.1 Å². The lowest BCUT2D eigenvalue weighted by atomic mass is 10.1. The van der Waals surface area contributed by atoms with Crippen LogP contribution in [0.3, 0.4) is 0 Å². The number of rotatable bonds is 2. The average molecular weight is 227 g/mol. The Morgan fingerprint density at radius 1 is 1.50 bits per heavy atom. The predicted octanol–water partition coefficient (Wildman–Crippen LogP) is -0.205. The molecule has 1 saturated heterocycles. The number of carbonyl (C=O) groups is 3. The van der Waals surface area contributed by atoms with Crippen LogP contribution in [0.2, 0.25) is 0 Å². The third kappa shape index (κ3) is 2.32. The summed E-state index contributed by atoms with van der Waals surface area (Å²) in [5, 5.41) is 2.23. The standard InChI is InChI=1S/C10H17N3O3/c1-4-7-9(15)11-8(14)6-13(7)10(16)12(3)5-2/h7H,4-6H2,1-3H3,(H,11,14,15). The monoisotopic (exact) mass is 227 g/mol. The van der Waals surface area contributed by atoms with Crippen LogP contribution in [0.25, 0.3) is 0 Å². The molecule has 1 atom stereocenters. The molecule has 0 bridgehead atoms. The van der Waals surface area contributed by atoms with E-state index in [9.17, 15) is 14.4 Å². The number of nitrogens with one attached hydrogen (secondary N) is 1. The molecule has 1 rings (SSSR count). The molecule has 0 aliphatic carbocycles. The smallest absolute Gasteiger partial charge is 0.320 e. The molecule has 6 nitrogen and oxygen atoms in total. The number of piperazine rings is 1. The highest BCUT2D eigenvalue weighted by Gasteiger charge is 2.36. The maximum absolute atomic E-state index is 11.9. The maximum Gasteiger partial charge on any atom is 0.320 e. The van der Waals surface area contributed by atoms with Gasteiger partial charge in [0.15, 0.2) is 0 Å². The normalized spacial score (nSPS) is 20.7. The number of imide groups is 1. The molecule has 4 amide bonds. The number of hydrogen-bond acceptors (Lipinski definition) is 3. The van der Waals surface area contributed by atoms with Crippen LogP contribution in [-0.4, -0.2) is 53.8 Å². The fourth-order valence-electron chi connectivity index (χ4n) is 1.63. The fourth-order valence-corrected chi connectivity index (χ4v) is 1.63. The summed E-state index contributed by atoms with van der Waals surface area (Å²) in [6.45, 7) is 4.14. The van der Waals surface area contributed by atoms with Crippen molar-refractivity contribution in [3.8, 4) is 0 Å². The lowest BCUT2D eigenvalue weighted by Crippen LogP contribution is -2.61. The van der Waals surface area contributed by atoms with Crippen molar-refractivity contribution in [1.29, 1.82) is 0 Å². The van der Waals surface area contributed by atoms with Gasteiger partial charge in [-0.25, -0.2) is 4.79 Å². The molecule has 1 aliphatic rings. The first-order valence-corrected chi connectivity index (χ1v) is 5.36. The lowest BCUT2D eigenvalue weighted by Gasteiger charge is -2.35. The Morgan fingerprint density at radius 3 is 2.62 bits per heavy atom. The molecule has 1 N–H and O–H groups in total. The Labute approximate surface area is 94.6 Å². The molecule has 1 aliphatic heterocycles. The van der Waals surface area contributed by atoms with Gasteiger partial charge in [0.25, 0.3) is 0 Å². The maximum atomic E-state index is 11.9. The van der Waals surface area contributed by atoms with E-state index >= 15 is 0 Å². The number of hydrogen-bond donors (Lipinski definition) is 1. The third-order valence-corrected chi connectivity index (χ3v) is 2.69. The van der Waals surface area contributed by atoms with E-state index in [-0.39, 0.29) is 12.6 Å². The minimum Gasteiger partial charge on any atom is -0.328 e. The van der Waals surface area contributed by atoms with Crippen LogP contribution in [0.15, 0.2) is 0 Å². The van der Waals surface area contributed by atoms with Gasteiger partial charge in [0.05, 0.1) is 0 Å². The highest BCUT2D eigenvalue weighted by molar-refractivity contribution is 6.04. The van der Waals surface area contributed by atoms with E-state index in [0.717, 1.165) is 0 Å². The molecular weight excluding hydrogens is 210 g/mol. The van der Waals surface area contributed by atoms with Crippen LogP contribution in [0, 0.1) is 0 Å².